The topological polar surface area (TPSA) is 15.3 Å². The largest absolute Gasteiger partial charge is 0.315 e. The lowest BCUT2D eigenvalue weighted by Gasteiger charge is -2.39. The van der Waals surface area contributed by atoms with Crippen LogP contribution in [0.1, 0.15) is 66.2 Å². The summed E-state index contributed by atoms with van der Waals surface area (Å²) in [7, 11) is 0. The van der Waals surface area contributed by atoms with Crippen molar-refractivity contribution >= 4 is 0 Å². The van der Waals surface area contributed by atoms with E-state index in [1.807, 2.05) is 0 Å². The highest BCUT2D eigenvalue weighted by Gasteiger charge is 2.28. The molecule has 2 atom stereocenters. The molecular weight excluding hydrogens is 220 g/mol. The molecule has 1 rings (SSSR count). The standard InChI is InChI=1S/C16H34N2/c1-5-11-17-13-16(14(3)4)18-12-9-7-8-10-15(18)6-2/h14-17H,5-13H2,1-4H3. The Balaban J connectivity index is 2.61. The molecule has 18 heavy (non-hydrogen) atoms. The van der Waals surface area contributed by atoms with Crippen LogP contribution in [-0.2, 0) is 0 Å². The Labute approximate surface area is 115 Å². The summed E-state index contributed by atoms with van der Waals surface area (Å²) < 4.78 is 0. The van der Waals surface area contributed by atoms with Crippen molar-refractivity contribution in [1.82, 2.24) is 10.2 Å². The number of nitrogens with one attached hydrogen (secondary N) is 1. The monoisotopic (exact) mass is 254 g/mol. The zero-order valence-electron chi connectivity index (χ0n) is 13.0. The molecule has 2 nitrogen and oxygen atoms in total. The maximum absolute atomic E-state index is 3.64. The quantitative estimate of drug-likeness (QED) is 0.697. The molecule has 0 aromatic heterocycles. The highest BCUT2D eigenvalue weighted by atomic mass is 15.2. The predicted octanol–water partition coefficient (Wildman–Crippen LogP) is 3.67. The van der Waals surface area contributed by atoms with Gasteiger partial charge in [-0.1, -0.05) is 40.5 Å². The molecule has 1 aliphatic rings. The lowest BCUT2D eigenvalue weighted by molar-refractivity contribution is 0.0993. The third-order valence-electron chi connectivity index (χ3n) is 4.37. The zero-order valence-corrected chi connectivity index (χ0v) is 13.0. The molecule has 1 fully saturated rings. The lowest BCUT2D eigenvalue weighted by Crippen LogP contribution is -2.50. The first-order valence-corrected chi connectivity index (χ1v) is 8.17. The van der Waals surface area contributed by atoms with Gasteiger partial charge in [0.15, 0.2) is 0 Å². The molecule has 0 spiro atoms. The van der Waals surface area contributed by atoms with Crippen LogP contribution in [0.5, 0.6) is 0 Å². The molecule has 0 radical (unpaired) electrons. The Morgan fingerprint density at radius 2 is 1.94 bits per heavy atom. The van der Waals surface area contributed by atoms with Crippen molar-refractivity contribution in [2.45, 2.75) is 78.3 Å². The van der Waals surface area contributed by atoms with Gasteiger partial charge in [0.2, 0.25) is 0 Å². The fraction of sp³-hybridized carbons (Fsp3) is 1.00. The van der Waals surface area contributed by atoms with Crippen molar-refractivity contribution in [3.8, 4) is 0 Å². The first-order chi connectivity index (χ1) is 8.70. The van der Waals surface area contributed by atoms with Gasteiger partial charge in [-0.25, -0.2) is 0 Å². The van der Waals surface area contributed by atoms with Gasteiger partial charge in [0.1, 0.15) is 0 Å². The molecule has 2 heteroatoms. The first kappa shape index (κ1) is 16.0. The SMILES string of the molecule is CCCNCC(C(C)C)N1CCCCCC1CC. The third-order valence-corrected chi connectivity index (χ3v) is 4.37. The van der Waals surface area contributed by atoms with Gasteiger partial charge in [-0.15, -0.1) is 0 Å². The van der Waals surface area contributed by atoms with E-state index in [1.165, 1.54) is 51.6 Å². The van der Waals surface area contributed by atoms with Crippen LogP contribution in [0.25, 0.3) is 0 Å². The Kier molecular flexibility index (Phi) is 7.92. The van der Waals surface area contributed by atoms with Crippen molar-refractivity contribution < 1.29 is 0 Å². The van der Waals surface area contributed by atoms with E-state index in [2.05, 4.69) is 37.9 Å². The van der Waals surface area contributed by atoms with E-state index < -0.39 is 0 Å². The van der Waals surface area contributed by atoms with Gasteiger partial charge in [-0.3, -0.25) is 4.90 Å². The molecule has 0 bridgehead atoms. The Hall–Kier alpha value is -0.0800. The van der Waals surface area contributed by atoms with Crippen LogP contribution in [-0.4, -0.2) is 36.6 Å². The van der Waals surface area contributed by atoms with Crippen LogP contribution in [0.4, 0.5) is 0 Å². The van der Waals surface area contributed by atoms with Gasteiger partial charge in [0.05, 0.1) is 0 Å². The molecule has 1 aliphatic heterocycles. The van der Waals surface area contributed by atoms with Crippen LogP contribution in [0.3, 0.4) is 0 Å². The molecule has 2 unspecified atom stereocenters. The first-order valence-electron chi connectivity index (χ1n) is 8.17. The van der Waals surface area contributed by atoms with Gasteiger partial charge in [-0.05, 0) is 44.7 Å². The second kappa shape index (κ2) is 8.92. The van der Waals surface area contributed by atoms with Gasteiger partial charge in [0, 0.05) is 18.6 Å². The second-order valence-corrected chi connectivity index (χ2v) is 6.16. The highest BCUT2D eigenvalue weighted by molar-refractivity contribution is 4.84. The van der Waals surface area contributed by atoms with Gasteiger partial charge < -0.3 is 5.32 Å². The van der Waals surface area contributed by atoms with E-state index >= 15 is 0 Å². The number of likely N-dealkylation sites (tertiary alicyclic amines) is 1. The Morgan fingerprint density at radius 1 is 1.17 bits per heavy atom. The zero-order chi connectivity index (χ0) is 13.4. The molecule has 0 amide bonds. The van der Waals surface area contributed by atoms with Gasteiger partial charge in [0.25, 0.3) is 0 Å². The van der Waals surface area contributed by atoms with Crippen LogP contribution in [0.2, 0.25) is 0 Å². The van der Waals surface area contributed by atoms with E-state index in [4.69, 9.17) is 0 Å². The number of nitrogens with zero attached hydrogens (tertiary/aromatic N) is 1. The number of hydrogen-bond donors (Lipinski definition) is 1. The van der Waals surface area contributed by atoms with Crippen molar-refractivity contribution in [2.75, 3.05) is 19.6 Å². The fourth-order valence-electron chi connectivity index (χ4n) is 3.24. The normalized spacial score (nSPS) is 24.2. The summed E-state index contributed by atoms with van der Waals surface area (Å²) in [6.07, 6.45) is 8.22. The number of rotatable bonds is 7. The smallest absolute Gasteiger partial charge is 0.0246 e. The lowest BCUT2D eigenvalue weighted by atomic mass is 9.98. The molecule has 0 saturated carbocycles. The van der Waals surface area contributed by atoms with Crippen LogP contribution in [0.15, 0.2) is 0 Å². The summed E-state index contributed by atoms with van der Waals surface area (Å²) in [5, 5.41) is 3.64. The summed E-state index contributed by atoms with van der Waals surface area (Å²) in [5.74, 6) is 0.751. The van der Waals surface area contributed by atoms with E-state index in [1.54, 1.807) is 0 Å². The second-order valence-electron chi connectivity index (χ2n) is 6.16. The van der Waals surface area contributed by atoms with Crippen molar-refractivity contribution in [3.63, 3.8) is 0 Å². The van der Waals surface area contributed by atoms with Gasteiger partial charge in [-0.2, -0.15) is 0 Å². The molecule has 0 aliphatic carbocycles. The molecular formula is C16H34N2. The summed E-state index contributed by atoms with van der Waals surface area (Å²) in [5.41, 5.74) is 0. The maximum atomic E-state index is 3.64. The minimum absolute atomic E-state index is 0.722. The van der Waals surface area contributed by atoms with E-state index in [0.29, 0.717) is 0 Å². The Bertz CT molecular complexity index is 203. The predicted molar refractivity (Wildman–Crippen MR) is 81.0 cm³/mol. The molecule has 0 aromatic carbocycles. The molecule has 0 aromatic rings. The van der Waals surface area contributed by atoms with E-state index in [0.717, 1.165) is 24.5 Å². The third kappa shape index (κ3) is 4.89. The van der Waals surface area contributed by atoms with Crippen molar-refractivity contribution in [3.05, 3.63) is 0 Å². The molecule has 1 heterocycles. The van der Waals surface area contributed by atoms with Crippen LogP contribution in [0, 0.1) is 5.92 Å². The summed E-state index contributed by atoms with van der Waals surface area (Å²) in [4.78, 5) is 2.82. The van der Waals surface area contributed by atoms with Crippen LogP contribution >= 0.6 is 0 Å². The maximum Gasteiger partial charge on any atom is 0.0246 e. The average Bonchev–Trinajstić information content (AvgIpc) is 2.59. The Morgan fingerprint density at radius 3 is 2.56 bits per heavy atom. The number of hydrogen-bond acceptors (Lipinski definition) is 2. The van der Waals surface area contributed by atoms with Crippen molar-refractivity contribution in [2.24, 2.45) is 5.92 Å². The molecule has 1 saturated heterocycles. The van der Waals surface area contributed by atoms with Crippen molar-refractivity contribution in [1.29, 1.82) is 0 Å². The minimum atomic E-state index is 0.722. The molecule has 108 valence electrons. The summed E-state index contributed by atoms with van der Waals surface area (Å²) in [6.45, 7) is 13.0. The molecule has 1 N–H and O–H groups in total. The average molecular weight is 254 g/mol. The fourth-order valence-corrected chi connectivity index (χ4v) is 3.24. The van der Waals surface area contributed by atoms with E-state index in [9.17, 15) is 0 Å². The summed E-state index contributed by atoms with van der Waals surface area (Å²) >= 11 is 0. The van der Waals surface area contributed by atoms with Crippen LogP contribution < -0.4 is 5.32 Å². The minimum Gasteiger partial charge on any atom is -0.315 e. The van der Waals surface area contributed by atoms with E-state index in [-0.39, 0.29) is 0 Å². The highest BCUT2D eigenvalue weighted by Crippen LogP contribution is 2.24. The van der Waals surface area contributed by atoms with Gasteiger partial charge >= 0.3 is 0 Å². The summed E-state index contributed by atoms with van der Waals surface area (Å²) in [6, 6.07) is 1.54.